The first-order valence-corrected chi connectivity index (χ1v) is 8.21. The number of hydrogen-bond donors (Lipinski definition) is 0. The van der Waals surface area contributed by atoms with E-state index in [0.717, 1.165) is 17.3 Å². The summed E-state index contributed by atoms with van der Waals surface area (Å²) in [5.74, 6) is 0. The number of alkyl halides is 1. The van der Waals surface area contributed by atoms with Gasteiger partial charge in [-0.25, -0.2) is 8.42 Å². The molecule has 17 heavy (non-hydrogen) atoms. The van der Waals surface area contributed by atoms with Crippen molar-refractivity contribution in [2.45, 2.75) is 30.4 Å². The summed E-state index contributed by atoms with van der Waals surface area (Å²) in [5, 5.41) is 0.525. The molecule has 0 bridgehead atoms. The molecule has 0 aromatic heterocycles. The second kappa shape index (κ2) is 6.36. The largest absolute Gasteiger partial charge is 0.223 e. The van der Waals surface area contributed by atoms with Gasteiger partial charge in [0.15, 0.2) is 9.84 Å². The summed E-state index contributed by atoms with van der Waals surface area (Å²) < 4.78 is 24.0. The normalized spacial score (nSPS) is 12.5. The van der Waals surface area contributed by atoms with Crippen molar-refractivity contribution >= 4 is 31.8 Å². The summed E-state index contributed by atoms with van der Waals surface area (Å²) in [7, 11) is -3.17. The molecular formula is C13H17BrO2S. The van der Waals surface area contributed by atoms with Gasteiger partial charge in [-0.05, 0) is 38.0 Å². The van der Waals surface area contributed by atoms with E-state index in [1.165, 1.54) is 0 Å². The van der Waals surface area contributed by atoms with Gasteiger partial charge in [0.05, 0.1) is 10.1 Å². The Hall–Kier alpha value is -0.610. The maximum Gasteiger partial charge on any atom is 0.180 e. The lowest BCUT2D eigenvalue weighted by Gasteiger charge is -2.08. The van der Waals surface area contributed by atoms with Crippen LogP contribution < -0.4 is 0 Å². The fourth-order valence-corrected chi connectivity index (χ4v) is 2.73. The Morgan fingerprint density at radius 2 is 2.06 bits per heavy atom. The van der Waals surface area contributed by atoms with Crippen LogP contribution >= 0.6 is 15.9 Å². The van der Waals surface area contributed by atoms with Crippen molar-refractivity contribution in [3.63, 3.8) is 0 Å². The van der Waals surface area contributed by atoms with Gasteiger partial charge in [0.1, 0.15) is 0 Å². The second-order valence-electron chi connectivity index (χ2n) is 4.05. The minimum absolute atomic E-state index is 0.385. The molecule has 0 fully saturated rings. The molecule has 0 aliphatic rings. The number of sulfone groups is 1. The van der Waals surface area contributed by atoms with Crippen molar-refractivity contribution < 1.29 is 8.42 Å². The predicted molar refractivity (Wildman–Crippen MR) is 76.2 cm³/mol. The van der Waals surface area contributed by atoms with E-state index in [2.05, 4.69) is 15.9 Å². The van der Waals surface area contributed by atoms with Crippen LogP contribution in [0.15, 0.2) is 35.2 Å². The maximum atomic E-state index is 12.0. The molecule has 2 nitrogen and oxygen atoms in total. The average molecular weight is 317 g/mol. The molecule has 0 saturated carbocycles. The van der Waals surface area contributed by atoms with Crippen LogP contribution in [0.4, 0.5) is 0 Å². The lowest BCUT2D eigenvalue weighted by atomic mass is 10.2. The predicted octanol–water partition coefficient (Wildman–Crippen LogP) is 3.67. The molecule has 0 aliphatic carbocycles. The minimum atomic E-state index is -3.17. The number of hydrogen-bond acceptors (Lipinski definition) is 2. The van der Waals surface area contributed by atoms with Crippen molar-refractivity contribution in [1.29, 1.82) is 0 Å². The van der Waals surface area contributed by atoms with Gasteiger partial charge < -0.3 is 0 Å². The molecule has 0 unspecified atom stereocenters. The number of benzene rings is 1. The van der Waals surface area contributed by atoms with E-state index in [-0.39, 0.29) is 5.25 Å². The Morgan fingerprint density at radius 3 is 2.65 bits per heavy atom. The molecule has 0 N–H and O–H groups in total. The first kappa shape index (κ1) is 14.5. The fourth-order valence-electron chi connectivity index (χ4n) is 1.35. The zero-order chi connectivity index (χ0) is 12.9. The van der Waals surface area contributed by atoms with E-state index in [9.17, 15) is 8.42 Å². The molecule has 0 radical (unpaired) electrons. The average Bonchev–Trinajstić information content (AvgIpc) is 2.29. The standard InChI is InChI=1S/C13H17BrO2S/c1-11(2)17(15,16)13-8-5-7-12(10-13)6-3-4-9-14/h3,5-8,10-11H,4,9H2,1-2H3. The molecule has 4 heteroatoms. The van der Waals surface area contributed by atoms with E-state index >= 15 is 0 Å². The third-order valence-electron chi connectivity index (χ3n) is 2.39. The summed E-state index contributed by atoms with van der Waals surface area (Å²) >= 11 is 3.34. The smallest absolute Gasteiger partial charge is 0.180 e. The Bertz CT molecular complexity index is 490. The highest BCUT2D eigenvalue weighted by atomic mass is 79.9. The topological polar surface area (TPSA) is 34.1 Å². The van der Waals surface area contributed by atoms with Crippen molar-refractivity contribution in [3.8, 4) is 0 Å². The van der Waals surface area contributed by atoms with E-state index in [1.807, 2.05) is 18.2 Å². The lowest BCUT2D eigenvalue weighted by molar-refractivity contribution is 0.587. The van der Waals surface area contributed by atoms with E-state index < -0.39 is 9.84 Å². The van der Waals surface area contributed by atoms with E-state index in [0.29, 0.717) is 4.90 Å². The minimum Gasteiger partial charge on any atom is -0.223 e. The van der Waals surface area contributed by atoms with Crippen LogP contribution in [0, 0.1) is 0 Å². The summed E-state index contributed by atoms with van der Waals surface area (Å²) in [6.07, 6.45) is 4.90. The van der Waals surface area contributed by atoms with Crippen LogP contribution in [-0.2, 0) is 9.84 Å². The molecule has 1 aromatic rings. The maximum absolute atomic E-state index is 12.0. The molecule has 0 heterocycles. The van der Waals surface area contributed by atoms with Gasteiger partial charge in [-0.2, -0.15) is 0 Å². The molecule has 0 amide bonds. The van der Waals surface area contributed by atoms with Gasteiger partial charge in [0, 0.05) is 5.33 Å². The lowest BCUT2D eigenvalue weighted by Crippen LogP contribution is -2.13. The molecule has 94 valence electrons. The summed E-state index contributed by atoms with van der Waals surface area (Å²) in [5.41, 5.74) is 0.924. The SMILES string of the molecule is CC(C)S(=O)(=O)c1cccc(C=CCCBr)c1. The molecule has 0 spiro atoms. The highest BCUT2D eigenvalue weighted by molar-refractivity contribution is 9.09. The summed E-state index contributed by atoms with van der Waals surface area (Å²) in [6, 6.07) is 7.06. The Labute approximate surface area is 112 Å². The second-order valence-corrected chi connectivity index (χ2v) is 7.34. The van der Waals surface area contributed by atoms with Gasteiger partial charge in [0.25, 0.3) is 0 Å². The molecule has 0 saturated heterocycles. The zero-order valence-corrected chi connectivity index (χ0v) is 12.5. The molecular weight excluding hydrogens is 300 g/mol. The first-order chi connectivity index (χ1) is 7.98. The van der Waals surface area contributed by atoms with E-state index in [1.54, 1.807) is 32.0 Å². The molecule has 1 rings (SSSR count). The van der Waals surface area contributed by atoms with Gasteiger partial charge in [-0.15, -0.1) is 0 Å². The Kier molecular flexibility index (Phi) is 5.40. The molecule has 1 aromatic carbocycles. The van der Waals surface area contributed by atoms with Crippen molar-refractivity contribution in [2.24, 2.45) is 0 Å². The van der Waals surface area contributed by atoms with Crippen LogP contribution in [0.25, 0.3) is 6.08 Å². The molecule has 0 atom stereocenters. The third kappa shape index (κ3) is 3.96. The van der Waals surface area contributed by atoms with Crippen molar-refractivity contribution in [2.75, 3.05) is 5.33 Å². The monoisotopic (exact) mass is 316 g/mol. The van der Waals surface area contributed by atoms with Crippen LogP contribution in [0.5, 0.6) is 0 Å². The number of rotatable bonds is 5. The Morgan fingerprint density at radius 1 is 1.35 bits per heavy atom. The van der Waals surface area contributed by atoms with Gasteiger partial charge in [-0.1, -0.05) is 40.2 Å². The van der Waals surface area contributed by atoms with Crippen molar-refractivity contribution in [3.05, 3.63) is 35.9 Å². The first-order valence-electron chi connectivity index (χ1n) is 5.55. The summed E-state index contributed by atoms with van der Waals surface area (Å²) in [6.45, 7) is 3.39. The number of halogens is 1. The summed E-state index contributed by atoms with van der Waals surface area (Å²) in [4.78, 5) is 0.397. The fraction of sp³-hybridized carbons (Fsp3) is 0.385. The van der Waals surface area contributed by atoms with Crippen LogP contribution in [0.1, 0.15) is 25.8 Å². The van der Waals surface area contributed by atoms with Crippen LogP contribution in [-0.4, -0.2) is 19.0 Å². The zero-order valence-electron chi connectivity index (χ0n) is 10.1. The quantitative estimate of drug-likeness (QED) is 0.777. The highest BCUT2D eigenvalue weighted by Gasteiger charge is 2.18. The van der Waals surface area contributed by atoms with Crippen LogP contribution in [0.2, 0.25) is 0 Å². The van der Waals surface area contributed by atoms with E-state index in [4.69, 9.17) is 0 Å². The van der Waals surface area contributed by atoms with Crippen LogP contribution in [0.3, 0.4) is 0 Å². The number of allylic oxidation sites excluding steroid dienone is 1. The van der Waals surface area contributed by atoms with Gasteiger partial charge in [-0.3, -0.25) is 0 Å². The third-order valence-corrected chi connectivity index (χ3v) is 5.00. The van der Waals surface area contributed by atoms with Gasteiger partial charge >= 0.3 is 0 Å². The van der Waals surface area contributed by atoms with Gasteiger partial charge in [0.2, 0.25) is 0 Å². The Balaban J connectivity index is 3.02. The van der Waals surface area contributed by atoms with Crippen molar-refractivity contribution in [1.82, 2.24) is 0 Å². The molecule has 0 aliphatic heterocycles. The highest BCUT2D eigenvalue weighted by Crippen LogP contribution is 2.18.